The Hall–Kier alpha value is -1.45. The molecule has 0 radical (unpaired) electrons. The van der Waals surface area contributed by atoms with Crippen LogP contribution in [0.15, 0.2) is 46.9 Å². The van der Waals surface area contributed by atoms with Crippen molar-refractivity contribution in [2.75, 3.05) is 0 Å². The summed E-state index contributed by atoms with van der Waals surface area (Å²) in [6.45, 7) is 0. The van der Waals surface area contributed by atoms with E-state index in [1.165, 1.54) is 12.1 Å². The number of carbonyl (C=O) groups is 2. The predicted octanol–water partition coefficient (Wildman–Crippen LogP) is 0.362. The van der Waals surface area contributed by atoms with Gasteiger partial charge in [-0.1, -0.05) is 30.3 Å². The van der Waals surface area contributed by atoms with E-state index >= 15 is 0 Å². The Balaban J connectivity index is 0.00000400. The minimum atomic E-state index is -4.90. The van der Waals surface area contributed by atoms with Crippen molar-refractivity contribution in [1.82, 2.24) is 0 Å². The van der Waals surface area contributed by atoms with Crippen molar-refractivity contribution in [3.63, 3.8) is 0 Å². The number of rotatable bonds is 5. The van der Waals surface area contributed by atoms with E-state index in [9.17, 15) is 18.0 Å². The first kappa shape index (κ1) is 19.6. The summed E-state index contributed by atoms with van der Waals surface area (Å²) in [5, 5.41) is 17.5. The Morgan fingerprint density at radius 3 is 1.95 bits per heavy atom. The van der Waals surface area contributed by atoms with Crippen molar-refractivity contribution in [1.29, 1.82) is 0 Å². The van der Waals surface area contributed by atoms with E-state index in [-0.39, 0.29) is 41.2 Å². The van der Waals surface area contributed by atoms with Crippen molar-refractivity contribution in [3.8, 4) is 0 Å². The van der Waals surface area contributed by atoms with Crippen molar-refractivity contribution in [3.05, 3.63) is 52.4 Å². The zero-order chi connectivity index (χ0) is 15.3. The topological polar surface area (TPSA) is 129 Å². The van der Waals surface area contributed by atoms with E-state index in [0.717, 1.165) is 6.08 Å². The molecule has 1 rings (SSSR count). The molecule has 0 aliphatic rings. The van der Waals surface area contributed by atoms with Gasteiger partial charge in [0.25, 0.3) is 10.1 Å². The Morgan fingerprint density at radius 2 is 1.57 bits per heavy atom. The molecule has 0 amide bonds. The summed E-state index contributed by atoms with van der Waals surface area (Å²) >= 11 is 0. The quantitative estimate of drug-likeness (QED) is 0.309. The molecular weight excluding hydrogens is 311 g/mol. The first-order valence-electron chi connectivity index (χ1n) is 5.14. The molecule has 0 atom stereocenters. The van der Waals surface area contributed by atoms with Crippen LogP contribution in [0.25, 0.3) is 6.08 Å². The van der Waals surface area contributed by atoms with Crippen molar-refractivity contribution in [2.45, 2.75) is 0 Å². The molecule has 0 saturated heterocycles. The molecule has 0 fully saturated rings. The predicted molar refractivity (Wildman–Crippen MR) is 76.5 cm³/mol. The fourth-order valence-corrected chi connectivity index (χ4v) is 2.06. The van der Waals surface area contributed by atoms with E-state index in [1.807, 2.05) is 0 Å². The van der Waals surface area contributed by atoms with Crippen molar-refractivity contribution in [2.24, 2.45) is 0 Å². The van der Waals surface area contributed by atoms with Crippen LogP contribution in [0, 0.1) is 0 Å². The average Bonchev–Trinajstić information content (AvgIpc) is 2.33. The van der Waals surface area contributed by atoms with E-state index in [0.29, 0.717) is 0 Å². The molecular formula is C12H11NaO7S. The minimum absolute atomic E-state index is 0. The van der Waals surface area contributed by atoms with Gasteiger partial charge in [0, 0.05) is 6.08 Å². The fourth-order valence-electron chi connectivity index (χ4n) is 1.35. The number of carboxylic acids is 2. The van der Waals surface area contributed by atoms with Crippen LogP contribution in [0.2, 0.25) is 0 Å². The molecule has 108 valence electrons. The van der Waals surface area contributed by atoms with Crippen LogP contribution in [0.5, 0.6) is 0 Å². The number of carboxylic acid groups (broad SMARTS) is 2. The molecule has 0 aliphatic carbocycles. The standard InChI is InChI=1S/C12H10O7S.Na.H/c13-11(14)7-9(12(15)16)10(20(17,18)19)6-8-4-2-1-3-5-8;;/h1-7H,(H,13,14)(H,15,16)(H,17,18,19);;/b9-7-,10-6?;;. The maximum absolute atomic E-state index is 11.3. The molecule has 0 unspecified atom stereocenters. The second kappa shape index (κ2) is 8.11. The molecule has 1 aromatic rings. The number of aliphatic carboxylic acids is 2. The SMILES string of the molecule is O=C(O)/C=C(\C(=O)O)C(=Cc1ccccc1)S(=O)(=O)O.[NaH]. The normalized spacial score (nSPS) is 12.4. The van der Waals surface area contributed by atoms with Crippen LogP contribution in [0.4, 0.5) is 0 Å². The Kier molecular flexibility index (Phi) is 7.55. The monoisotopic (exact) mass is 322 g/mol. The molecule has 9 heteroatoms. The van der Waals surface area contributed by atoms with E-state index in [2.05, 4.69) is 0 Å². The summed E-state index contributed by atoms with van der Waals surface area (Å²) in [7, 11) is -4.90. The van der Waals surface area contributed by atoms with Crippen molar-refractivity contribution >= 4 is 57.7 Å². The summed E-state index contributed by atoms with van der Waals surface area (Å²) in [5.74, 6) is -3.43. The van der Waals surface area contributed by atoms with Gasteiger partial charge in [0.15, 0.2) is 0 Å². The molecule has 0 aliphatic heterocycles. The second-order valence-electron chi connectivity index (χ2n) is 3.60. The number of benzene rings is 1. The van der Waals surface area contributed by atoms with Gasteiger partial charge < -0.3 is 10.2 Å². The number of hydrogen-bond acceptors (Lipinski definition) is 4. The third kappa shape index (κ3) is 6.23. The van der Waals surface area contributed by atoms with Gasteiger partial charge in [0.2, 0.25) is 0 Å². The van der Waals surface area contributed by atoms with Gasteiger partial charge in [-0.15, -0.1) is 0 Å². The Labute approximate surface area is 142 Å². The van der Waals surface area contributed by atoms with Crippen LogP contribution < -0.4 is 0 Å². The van der Waals surface area contributed by atoms with Gasteiger partial charge in [-0.2, -0.15) is 8.42 Å². The first-order valence-corrected chi connectivity index (χ1v) is 6.58. The van der Waals surface area contributed by atoms with Gasteiger partial charge >= 0.3 is 41.5 Å². The Bertz CT molecular complexity index is 690. The molecule has 0 spiro atoms. The average molecular weight is 322 g/mol. The fraction of sp³-hybridized carbons (Fsp3) is 0. The summed E-state index contributed by atoms with van der Waals surface area (Å²) < 4.78 is 31.6. The molecule has 0 saturated carbocycles. The van der Waals surface area contributed by atoms with Gasteiger partial charge in [0.05, 0.1) is 5.57 Å². The maximum atomic E-state index is 11.3. The Morgan fingerprint density at radius 1 is 1.05 bits per heavy atom. The van der Waals surface area contributed by atoms with Crippen molar-refractivity contribution < 1.29 is 32.8 Å². The molecule has 3 N–H and O–H groups in total. The van der Waals surface area contributed by atoms with Crippen LogP contribution in [0.1, 0.15) is 5.56 Å². The summed E-state index contributed by atoms with van der Waals surface area (Å²) in [6.07, 6.45) is 1.07. The molecule has 0 aromatic heterocycles. The van der Waals surface area contributed by atoms with Crippen LogP contribution in [-0.2, 0) is 19.7 Å². The molecule has 0 heterocycles. The van der Waals surface area contributed by atoms with Gasteiger partial charge in [0.1, 0.15) is 4.91 Å². The van der Waals surface area contributed by atoms with Crippen LogP contribution in [-0.4, -0.2) is 64.7 Å². The molecule has 21 heavy (non-hydrogen) atoms. The summed E-state index contributed by atoms with van der Waals surface area (Å²) in [6, 6.07) is 7.70. The summed E-state index contributed by atoms with van der Waals surface area (Å²) in [5.41, 5.74) is -0.749. The molecule has 7 nitrogen and oxygen atoms in total. The van der Waals surface area contributed by atoms with Crippen LogP contribution in [0.3, 0.4) is 0 Å². The zero-order valence-electron chi connectivity index (χ0n) is 9.92. The van der Waals surface area contributed by atoms with Gasteiger partial charge in [-0.05, 0) is 11.6 Å². The van der Waals surface area contributed by atoms with Crippen LogP contribution >= 0.6 is 0 Å². The first-order chi connectivity index (χ1) is 9.21. The third-order valence-electron chi connectivity index (χ3n) is 2.14. The third-order valence-corrected chi connectivity index (χ3v) is 3.03. The molecule has 0 bridgehead atoms. The van der Waals surface area contributed by atoms with E-state index in [4.69, 9.17) is 14.8 Å². The van der Waals surface area contributed by atoms with E-state index in [1.54, 1.807) is 18.2 Å². The number of hydrogen-bond donors (Lipinski definition) is 3. The van der Waals surface area contributed by atoms with Gasteiger partial charge in [-0.3, -0.25) is 4.55 Å². The zero-order valence-corrected chi connectivity index (χ0v) is 10.7. The van der Waals surface area contributed by atoms with Gasteiger partial charge in [-0.25, -0.2) is 9.59 Å². The molecule has 1 aromatic carbocycles. The second-order valence-corrected chi connectivity index (χ2v) is 4.99. The summed E-state index contributed by atoms with van der Waals surface area (Å²) in [4.78, 5) is 20.5. The van der Waals surface area contributed by atoms with E-state index < -0.39 is 32.5 Å².